The first kappa shape index (κ1) is 14.1. The maximum absolute atomic E-state index is 5.53. The topological polar surface area (TPSA) is 47.3 Å². The van der Waals surface area contributed by atoms with Crippen molar-refractivity contribution in [2.75, 3.05) is 13.7 Å². The predicted octanol–water partition coefficient (Wildman–Crippen LogP) is 3.61. The molecule has 5 heteroatoms. The Kier molecular flexibility index (Phi) is 4.99. The lowest BCUT2D eigenvalue weighted by Crippen LogP contribution is -2.14. The number of halogens is 1. The number of ether oxygens (including phenoxy) is 1. The minimum absolute atomic E-state index is 0.698. The van der Waals surface area contributed by atoms with Gasteiger partial charge in [0.15, 0.2) is 12.2 Å². The third-order valence-corrected chi connectivity index (χ3v) is 3.47. The van der Waals surface area contributed by atoms with Gasteiger partial charge in [-0.2, -0.15) is 0 Å². The van der Waals surface area contributed by atoms with E-state index in [4.69, 9.17) is 9.15 Å². The van der Waals surface area contributed by atoms with Crippen molar-refractivity contribution in [2.45, 2.75) is 19.9 Å². The van der Waals surface area contributed by atoms with Crippen LogP contribution in [-0.4, -0.2) is 18.6 Å². The number of nitrogens with one attached hydrogen (secondary N) is 1. The normalized spacial score (nSPS) is 10.7. The molecule has 0 aliphatic carbocycles. The zero-order valence-electron chi connectivity index (χ0n) is 11.1. The van der Waals surface area contributed by atoms with Crippen LogP contribution < -0.4 is 10.1 Å². The number of nitrogens with zero attached hydrogens (tertiary/aromatic N) is 1. The third-order valence-electron chi connectivity index (χ3n) is 2.78. The second-order valence-electron chi connectivity index (χ2n) is 4.15. The largest absolute Gasteiger partial charge is 0.497 e. The fraction of sp³-hybridized carbons (Fsp3) is 0.357. The Hall–Kier alpha value is -1.33. The summed E-state index contributed by atoms with van der Waals surface area (Å²) in [6.07, 6.45) is 2.57. The van der Waals surface area contributed by atoms with Crippen molar-refractivity contribution in [3.63, 3.8) is 0 Å². The second-order valence-corrected chi connectivity index (χ2v) is 5.01. The monoisotopic (exact) mass is 324 g/mol. The molecular weight excluding hydrogens is 308 g/mol. The molecule has 0 saturated heterocycles. The van der Waals surface area contributed by atoms with E-state index in [1.165, 1.54) is 6.39 Å². The van der Waals surface area contributed by atoms with Gasteiger partial charge in [-0.3, -0.25) is 0 Å². The average molecular weight is 325 g/mol. The van der Waals surface area contributed by atoms with E-state index in [1.807, 2.05) is 18.2 Å². The minimum atomic E-state index is 0.698. The van der Waals surface area contributed by atoms with Gasteiger partial charge in [0.25, 0.3) is 0 Å². The molecule has 0 fully saturated rings. The van der Waals surface area contributed by atoms with Crippen LogP contribution in [0.5, 0.6) is 5.75 Å². The van der Waals surface area contributed by atoms with Crippen molar-refractivity contribution in [1.82, 2.24) is 10.3 Å². The first-order valence-corrected chi connectivity index (χ1v) is 7.02. The summed E-state index contributed by atoms with van der Waals surface area (Å²) in [5, 5.41) is 3.33. The fourth-order valence-corrected chi connectivity index (χ4v) is 2.23. The van der Waals surface area contributed by atoms with Crippen LogP contribution in [-0.2, 0) is 6.54 Å². The Bertz CT molecular complexity index is 540. The SMILES string of the molecule is CCCNCc1ncoc1-c1cc(OC)ccc1Br. The van der Waals surface area contributed by atoms with Gasteiger partial charge in [0, 0.05) is 16.6 Å². The van der Waals surface area contributed by atoms with Crippen molar-refractivity contribution in [3.8, 4) is 17.1 Å². The highest BCUT2D eigenvalue weighted by Crippen LogP contribution is 2.33. The molecule has 2 rings (SSSR count). The summed E-state index contributed by atoms with van der Waals surface area (Å²) in [6, 6.07) is 5.78. The minimum Gasteiger partial charge on any atom is -0.497 e. The molecule has 0 atom stereocenters. The van der Waals surface area contributed by atoms with Gasteiger partial charge in [-0.05, 0) is 31.2 Å². The van der Waals surface area contributed by atoms with Gasteiger partial charge < -0.3 is 14.5 Å². The molecule has 19 heavy (non-hydrogen) atoms. The van der Waals surface area contributed by atoms with Crippen LogP contribution in [0.2, 0.25) is 0 Å². The molecule has 0 amide bonds. The van der Waals surface area contributed by atoms with Crippen LogP contribution in [0.1, 0.15) is 19.0 Å². The van der Waals surface area contributed by atoms with E-state index in [1.54, 1.807) is 7.11 Å². The van der Waals surface area contributed by atoms with E-state index in [0.29, 0.717) is 6.54 Å². The Morgan fingerprint density at radius 3 is 3.00 bits per heavy atom. The highest BCUT2D eigenvalue weighted by atomic mass is 79.9. The van der Waals surface area contributed by atoms with Gasteiger partial charge in [-0.15, -0.1) is 0 Å². The number of aromatic nitrogens is 1. The highest BCUT2D eigenvalue weighted by Gasteiger charge is 2.14. The average Bonchev–Trinajstić information content (AvgIpc) is 2.88. The van der Waals surface area contributed by atoms with Gasteiger partial charge in [0.2, 0.25) is 0 Å². The first-order valence-electron chi connectivity index (χ1n) is 6.23. The van der Waals surface area contributed by atoms with E-state index >= 15 is 0 Å². The molecule has 2 aromatic rings. The summed E-state index contributed by atoms with van der Waals surface area (Å²) in [7, 11) is 1.65. The first-order chi connectivity index (χ1) is 9.26. The van der Waals surface area contributed by atoms with Crippen LogP contribution in [0.25, 0.3) is 11.3 Å². The van der Waals surface area contributed by atoms with Crippen molar-refractivity contribution >= 4 is 15.9 Å². The molecule has 102 valence electrons. The lowest BCUT2D eigenvalue weighted by molar-refractivity contribution is 0.414. The van der Waals surface area contributed by atoms with E-state index in [2.05, 4.69) is 33.2 Å². The van der Waals surface area contributed by atoms with Crippen molar-refractivity contribution < 1.29 is 9.15 Å². The van der Waals surface area contributed by atoms with Crippen LogP contribution in [0.4, 0.5) is 0 Å². The molecular formula is C14H17BrN2O2. The molecule has 1 heterocycles. The number of hydrogen-bond donors (Lipinski definition) is 1. The van der Waals surface area contributed by atoms with Gasteiger partial charge in [-0.25, -0.2) is 4.98 Å². The lowest BCUT2D eigenvalue weighted by Gasteiger charge is -2.07. The van der Waals surface area contributed by atoms with Crippen LogP contribution in [0, 0.1) is 0 Å². The Labute approximate surface area is 121 Å². The van der Waals surface area contributed by atoms with Gasteiger partial charge in [0.05, 0.1) is 7.11 Å². The molecule has 0 bridgehead atoms. The Balaban J connectivity index is 2.28. The van der Waals surface area contributed by atoms with Crippen LogP contribution in [0.3, 0.4) is 0 Å². The summed E-state index contributed by atoms with van der Waals surface area (Å²) in [4.78, 5) is 4.27. The molecule has 1 aromatic heterocycles. The maximum atomic E-state index is 5.53. The molecule has 0 saturated carbocycles. The van der Waals surface area contributed by atoms with Crippen LogP contribution >= 0.6 is 15.9 Å². The quantitative estimate of drug-likeness (QED) is 0.824. The van der Waals surface area contributed by atoms with E-state index in [-0.39, 0.29) is 0 Å². The molecule has 1 aromatic carbocycles. The summed E-state index contributed by atoms with van der Waals surface area (Å²) < 4.78 is 11.7. The number of methoxy groups -OCH3 is 1. The zero-order chi connectivity index (χ0) is 13.7. The van der Waals surface area contributed by atoms with Gasteiger partial charge in [0.1, 0.15) is 11.4 Å². The number of rotatable bonds is 6. The summed E-state index contributed by atoms with van der Waals surface area (Å²) in [6.45, 7) is 3.80. The summed E-state index contributed by atoms with van der Waals surface area (Å²) in [5.41, 5.74) is 1.85. The lowest BCUT2D eigenvalue weighted by atomic mass is 10.1. The number of hydrogen-bond acceptors (Lipinski definition) is 4. The summed E-state index contributed by atoms with van der Waals surface area (Å²) >= 11 is 3.53. The van der Waals surface area contributed by atoms with E-state index < -0.39 is 0 Å². The van der Waals surface area contributed by atoms with Crippen molar-refractivity contribution in [2.24, 2.45) is 0 Å². The van der Waals surface area contributed by atoms with E-state index in [0.717, 1.165) is 40.2 Å². The molecule has 0 aliphatic heterocycles. The maximum Gasteiger partial charge on any atom is 0.181 e. The van der Waals surface area contributed by atoms with Crippen molar-refractivity contribution in [1.29, 1.82) is 0 Å². The molecule has 4 nitrogen and oxygen atoms in total. The fourth-order valence-electron chi connectivity index (χ4n) is 1.80. The van der Waals surface area contributed by atoms with Crippen molar-refractivity contribution in [3.05, 3.63) is 34.8 Å². The molecule has 0 unspecified atom stereocenters. The Morgan fingerprint density at radius 1 is 1.42 bits per heavy atom. The molecule has 0 spiro atoms. The van der Waals surface area contributed by atoms with Gasteiger partial charge in [-0.1, -0.05) is 22.9 Å². The van der Waals surface area contributed by atoms with Gasteiger partial charge >= 0.3 is 0 Å². The molecule has 1 N–H and O–H groups in total. The summed E-state index contributed by atoms with van der Waals surface area (Å²) in [5.74, 6) is 1.57. The van der Waals surface area contributed by atoms with Crippen LogP contribution in [0.15, 0.2) is 33.5 Å². The third kappa shape index (κ3) is 3.36. The zero-order valence-corrected chi connectivity index (χ0v) is 12.7. The standard InChI is InChI=1S/C14H17BrN2O2/c1-3-6-16-8-13-14(19-9-17-13)11-7-10(18-2)4-5-12(11)15/h4-5,7,9,16H,3,6,8H2,1-2H3. The number of benzene rings is 1. The van der Waals surface area contributed by atoms with E-state index in [9.17, 15) is 0 Å². The number of oxazole rings is 1. The highest BCUT2D eigenvalue weighted by molar-refractivity contribution is 9.10. The smallest absolute Gasteiger partial charge is 0.181 e. The Morgan fingerprint density at radius 2 is 2.26 bits per heavy atom. The second kappa shape index (κ2) is 6.73. The molecule has 0 aliphatic rings. The predicted molar refractivity (Wildman–Crippen MR) is 78.2 cm³/mol. The molecule has 0 radical (unpaired) electrons.